The number of para-hydroxylation sites is 1. The molecule has 0 amide bonds. The van der Waals surface area contributed by atoms with Gasteiger partial charge < -0.3 is 4.74 Å². The van der Waals surface area contributed by atoms with Crippen LogP contribution in [0.4, 0.5) is 13.2 Å². The number of hydrogen-bond acceptors (Lipinski definition) is 5. The van der Waals surface area contributed by atoms with Crippen molar-refractivity contribution in [2.24, 2.45) is 0 Å². The first-order chi connectivity index (χ1) is 15.9. The van der Waals surface area contributed by atoms with Gasteiger partial charge in [0.25, 0.3) is 0 Å². The molecule has 1 aliphatic rings. The Hall–Kier alpha value is -2.97. The Morgan fingerprint density at radius 3 is 2.36 bits per heavy atom. The van der Waals surface area contributed by atoms with Crippen LogP contribution in [0.3, 0.4) is 0 Å². The van der Waals surface area contributed by atoms with E-state index in [1.54, 1.807) is 0 Å². The van der Waals surface area contributed by atoms with E-state index < -0.39 is 18.7 Å². The third-order valence-corrected chi connectivity index (χ3v) is 5.88. The maximum Gasteiger partial charge on any atom is 0.401 e. The first-order valence-electron chi connectivity index (χ1n) is 10.9. The highest BCUT2D eigenvalue weighted by molar-refractivity contribution is 6.07. The fourth-order valence-electron chi connectivity index (χ4n) is 4.41. The second kappa shape index (κ2) is 9.89. The second-order valence-electron chi connectivity index (χ2n) is 8.20. The van der Waals surface area contributed by atoms with Crippen molar-refractivity contribution in [2.75, 3.05) is 39.8 Å². The van der Waals surface area contributed by atoms with E-state index in [4.69, 9.17) is 9.72 Å². The lowest BCUT2D eigenvalue weighted by Crippen LogP contribution is -2.37. The summed E-state index contributed by atoms with van der Waals surface area (Å²) >= 11 is 0. The van der Waals surface area contributed by atoms with E-state index in [1.807, 2.05) is 54.6 Å². The number of alkyl halides is 3. The highest BCUT2D eigenvalue weighted by Crippen LogP contribution is 2.34. The number of fused-ring (bicyclic) bond motifs is 1. The Bertz CT molecular complexity index is 1120. The molecule has 0 N–H and O–H groups in total. The summed E-state index contributed by atoms with van der Waals surface area (Å²) in [7, 11) is 1.34. The number of aromatic nitrogens is 1. The number of pyridine rings is 1. The molecule has 1 aromatic heterocycles. The van der Waals surface area contributed by atoms with Crippen LogP contribution < -0.4 is 0 Å². The van der Waals surface area contributed by atoms with Crippen LogP contribution in [0.5, 0.6) is 0 Å². The Balaban J connectivity index is 1.73. The molecular weight excluding hydrogens is 431 g/mol. The third-order valence-electron chi connectivity index (χ3n) is 5.88. The van der Waals surface area contributed by atoms with Gasteiger partial charge in [0.1, 0.15) is 0 Å². The number of nitrogens with zero attached hydrogens (tertiary/aromatic N) is 3. The van der Waals surface area contributed by atoms with E-state index >= 15 is 0 Å². The largest absolute Gasteiger partial charge is 0.465 e. The van der Waals surface area contributed by atoms with Gasteiger partial charge in [0.2, 0.25) is 0 Å². The van der Waals surface area contributed by atoms with Gasteiger partial charge in [-0.15, -0.1) is 0 Å². The molecule has 0 spiro atoms. The van der Waals surface area contributed by atoms with Crippen molar-refractivity contribution in [3.8, 4) is 11.1 Å². The number of carbonyl (C=O) groups is 1. The van der Waals surface area contributed by atoms with Gasteiger partial charge in [-0.3, -0.25) is 14.8 Å². The van der Waals surface area contributed by atoms with Crippen molar-refractivity contribution in [2.45, 2.75) is 19.1 Å². The Labute approximate surface area is 190 Å². The second-order valence-corrected chi connectivity index (χ2v) is 8.20. The summed E-state index contributed by atoms with van der Waals surface area (Å²) in [6.45, 7) is 1.25. The van der Waals surface area contributed by atoms with E-state index in [9.17, 15) is 18.0 Å². The monoisotopic (exact) mass is 457 g/mol. The minimum atomic E-state index is -4.21. The van der Waals surface area contributed by atoms with Gasteiger partial charge in [-0.25, -0.2) is 4.79 Å². The van der Waals surface area contributed by atoms with Gasteiger partial charge in [-0.2, -0.15) is 13.2 Å². The number of carbonyl (C=O) groups excluding carboxylic acids is 1. The van der Waals surface area contributed by atoms with Crippen molar-refractivity contribution in [1.29, 1.82) is 0 Å². The lowest BCUT2D eigenvalue weighted by Gasteiger charge is -2.24. The zero-order valence-electron chi connectivity index (χ0n) is 18.4. The Kier molecular flexibility index (Phi) is 6.95. The summed E-state index contributed by atoms with van der Waals surface area (Å²) in [5, 5.41) is 0.847. The standard InChI is InChI=1S/C25H26F3N3O2/c1-33-24(32)23-21(16-30-12-7-13-31(15-14-30)17-25(26,27)28)29-20-11-6-5-10-19(20)22(23)18-8-3-2-4-9-18/h2-6,8-11H,7,12-17H2,1H3. The highest BCUT2D eigenvalue weighted by Gasteiger charge is 2.32. The normalized spacial score (nSPS) is 16.0. The topological polar surface area (TPSA) is 45.7 Å². The molecule has 0 bridgehead atoms. The molecule has 8 heteroatoms. The minimum absolute atomic E-state index is 0.312. The molecule has 1 fully saturated rings. The summed E-state index contributed by atoms with van der Waals surface area (Å²) in [5.41, 5.74) is 3.37. The Morgan fingerprint density at radius 2 is 1.64 bits per heavy atom. The average Bonchev–Trinajstić information content (AvgIpc) is 3.02. The molecule has 0 atom stereocenters. The molecular formula is C25H26F3N3O2. The van der Waals surface area contributed by atoms with Crippen molar-refractivity contribution in [3.05, 3.63) is 65.9 Å². The summed E-state index contributed by atoms with van der Waals surface area (Å²) < 4.78 is 43.6. The fraction of sp³-hybridized carbons (Fsp3) is 0.360. The van der Waals surface area contributed by atoms with Crippen LogP contribution in [0.1, 0.15) is 22.5 Å². The predicted molar refractivity (Wildman–Crippen MR) is 121 cm³/mol. The molecule has 33 heavy (non-hydrogen) atoms. The first kappa shape index (κ1) is 23.2. The van der Waals surface area contributed by atoms with Crippen LogP contribution in [-0.2, 0) is 11.3 Å². The van der Waals surface area contributed by atoms with E-state index in [1.165, 1.54) is 12.0 Å². The number of halogens is 3. The predicted octanol–water partition coefficient (Wildman–Crippen LogP) is 4.76. The minimum Gasteiger partial charge on any atom is -0.465 e. The SMILES string of the molecule is COC(=O)c1c(CN2CCCN(CC(F)(F)F)CC2)nc2ccccc2c1-c1ccccc1. The highest BCUT2D eigenvalue weighted by atomic mass is 19.4. The summed E-state index contributed by atoms with van der Waals surface area (Å²) in [6.07, 6.45) is -3.60. The molecule has 2 heterocycles. The molecule has 2 aromatic carbocycles. The number of hydrogen-bond donors (Lipinski definition) is 0. The number of rotatable bonds is 5. The van der Waals surface area contributed by atoms with E-state index in [2.05, 4.69) is 4.90 Å². The zero-order chi connectivity index (χ0) is 23.4. The third kappa shape index (κ3) is 5.51. The van der Waals surface area contributed by atoms with Crippen molar-refractivity contribution < 1.29 is 22.7 Å². The van der Waals surface area contributed by atoms with E-state index in [-0.39, 0.29) is 0 Å². The molecule has 0 unspecified atom stereocenters. The van der Waals surface area contributed by atoms with Gasteiger partial charge >= 0.3 is 12.1 Å². The molecule has 0 radical (unpaired) electrons. The van der Waals surface area contributed by atoms with Crippen LogP contribution >= 0.6 is 0 Å². The lowest BCUT2D eigenvalue weighted by atomic mass is 9.94. The quantitative estimate of drug-likeness (QED) is 0.517. The molecule has 1 aliphatic heterocycles. The molecule has 0 saturated carbocycles. The number of ether oxygens (including phenoxy) is 1. The number of methoxy groups -OCH3 is 1. The van der Waals surface area contributed by atoms with Crippen LogP contribution in [0.15, 0.2) is 54.6 Å². The van der Waals surface area contributed by atoms with E-state index in [0.717, 1.165) is 22.0 Å². The first-order valence-corrected chi connectivity index (χ1v) is 10.9. The van der Waals surface area contributed by atoms with Gasteiger partial charge in [-0.1, -0.05) is 48.5 Å². The van der Waals surface area contributed by atoms with Crippen molar-refractivity contribution in [3.63, 3.8) is 0 Å². The van der Waals surface area contributed by atoms with E-state index in [0.29, 0.717) is 50.4 Å². The average molecular weight is 457 g/mol. The molecule has 1 saturated heterocycles. The molecule has 4 rings (SSSR count). The summed E-state index contributed by atoms with van der Waals surface area (Å²) in [4.78, 5) is 21.3. The maximum absolute atomic E-state index is 13.0. The molecule has 0 aliphatic carbocycles. The van der Waals surface area contributed by atoms with Gasteiger partial charge in [0.15, 0.2) is 0 Å². The van der Waals surface area contributed by atoms with Gasteiger partial charge in [0.05, 0.1) is 30.4 Å². The van der Waals surface area contributed by atoms with Crippen molar-refractivity contribution >= 4 is 16.9 Å². The lowest BCUT2D eigenvalue weighted by molar-refractivity contribution is -0.145. The maximum atomic E-state index is 13.0. The zero-order valence-corrected chi connectivity index (χ0v) is 18.4. The number of benzene rings is 2. The van der Waals surface area contributed by atoms with Gasteiger partial charge in [0, 0.05) is 30.6 Å². The number of esters is 1. The molecule has 3 aromatic rings. The summed E-state index contributed by atoms with van der Waals surface area (Å²) in [5.74, 6) is -0.476. The summed E-state index contributed by atoms with van der Waals surface area (Å²) in [6, 6.07) is 17.3. The molecule has 5 nitrogen and oxygen atoms in total. The van der Waals surface area contributed by atoms with Crippen LogP contribution in [0, 0.1) is 0 Å². The van der Waals surface area contributed by atoms with Gasteiger partial charge in [-0.05, 0) is 31.1 Å². The van der Waals surface area contributed by atoms with Crippen LogP contribution in [0.25, 0.3) is 22.0 Å². The van der Waals surface area contributed by atoms with Crippen LogP contribution in [0.2, 0.25) is 0 Å². The fourth-order valence-corrected chi connectivity index (χ4v) is 4.41. The van der Waals surface area contributed by atoms with Crippen molar-refractivity contribution in [1.82, 2.24) is 14.8 Å². The smallest absolute Gasteiger partial charge is 0.401 e. The van der Waals surface area contributed by atoms with Crippen LogP contribution in [-0.4, -0.2) is 66.8 Å². The Morgan fingerprint density at radius 1 is 0.970 bits per heavy atom. The molecule has 174 valence electrons.